The minimum atomic E-state index is -3.62. The molecule has 5 heteroatoms. The molecule has 150 valence electrons. The molecule has 4 aromatic carbocycles. The van der Waals surface area contributed by atoms with Gasteiger partial charge >= 0.3 is 6.11 Å². The van der Waals surface area contributed by atoms with E-state index in [9.17, 15) is 17.6 Å². The van der Waals surface area contributed by atoms with Crippen LogP contribution in [0.5, 0.6) is 5.75 Å². The third kappa shape index (κ3) is 4.20. The average Bonchev–Trinajstić information content (AvgIpc) is 2.76. The Morgan fingerprint density at radius 1 is 0.600 bits per heavy atom. The standard InChI is InChI=1S/C25H16F4O/c26-21-11-13-22(14-12-21)30-25(28,29)20-9-6-18(7-10-20)23-15-8-19(16-24(23)27)17-4-2-1-3-5-17/h1-16H. The third-order valence-corrected chi connectivity index (χ3v) is 4.67. The molecular formula is C25H16F4O. The smallest absolute Gasteiger partial charge is 0.426 e. The van der Waals surface area contributed by atoms with Gasteiger partial charge in [-0.2, -0.15) is 8.78 Å². The molecule has 0 aromatic heterocycles. The van der Waals surface area contributed by atoms with Crippen molar-refractivity contribution in [3.8, 4) is 28.0 Å². The Morgan fingerprint density at radius 3 is 1.87 bits per heavy atom. The summed E-state index contributed by atoms with van der Waals surface area (Å²) in [5.41, 5.74) is 2.00. The fraction of sp³-hybridized carbons (Fsp3) is 0.0400. The van der Waals surface area contributed by atoms with Gasteiger partial charge in [0.15, 0.2) is 0 Å². The molecule has 4 aromatic rings. The Hall–Kier alpha value is -3.60. The Morgan fingerprint density at radius 2 is 1.23 bits per heavy atom. The molecule has 0 atom stereocenters. The quantitative estimate of drug-likeness (QED) is 0.312. The monoisotopic (exact) mass is 408 g/mol. The summed E-state index contributed by atoms with van der Waals surface area (Å²) in [4.78, 5) is 0. The van der Waals surface area contributed by atoms with Gasteiger partial charge in [0.25, 0.3) is 0 Å². The fourth-order valence-corrected chi connectivity index (χ4v) is 3.11. The van der Waals surface area contributed by atoms with Gasteiger partial charge in [0.1, 0.15) is 17.4 Å². The van der Waals surface area contributed by atoms with E-state index in [1.54, 1.807) is 12.1 Å². The molecule has 1 nitrogen and oxygen atoms in total. The van der Waals surface area contributed by atoms with E-state index in [0.717, 1.165) is 35.4 Å². The Bertz CT molecular complexity index is 1140. The number of ether oxygens (including phenoxy) is 1. The zero-order valence-electron chi connectivity index (χ0n) is 15.7. The Kier molecular flexibility index (Phi) is 5.27. The van der Waals surface area contributed by atoms with Gasteiger partial charge < -0.3 is 4.74 Å². The predicted molar refractivity (Wildman–Crippen MR) is 108 cm³/mol. The summed E-state index contributed by atoms with van der Waals surface area (Å²) >= 11 is 0. The minimum Gasteiger partial charge on any atom is -0.429 e. The number of benzene rings is 4. The van der Waals surface area contributed by atoms with E-state index in [1.807, 2.05) is 30.3 Å². The first-order chi connectivity index (χ1) is 14.4. The van der Waals surface area contributed by atoms with Crippen LogP contribution in [0.2, 0.25) is 0 Å². The lowest BCUT2D eigenvalue weighted by molar-refractivity contribution is -0.185. The summed E-state index contributed by atoms with van der Waals surface area (Å²) in [7, 11) is 0. The molecule has 0 unspecified atom stereocenters. The number of alkyl halides is 2. The topological polar surface area (TPSA) is 9.23 Å². The molecule has 4 rings (SSSR count). The maximum atomic E-state index is 14.7. The largest absolute Gasteiger partial charge is 0.429 e. The van der Waals surface area contributed by atoms with Crippen molar-refractivity contribution < 1.29 is 22.3 Å². The lowest BCUT2D eigenvalue weighted by Crippen LogP contribution is -2.21. The van der Waals surface area contributed by atoms with Gasteiger partial charge in [-0.3, -0.25) is 0 Å². The van der Waals surface area contributed by atoms with Crippen LogP contribution in [0.15, 0.2) is 97.1 Å². The van der Waals surface area contributed by atoms with E-state index in [0.29, 0.717) is 11.1 Å². The molecule has 0 amide bonds. The molecule has 0 saturated carbocycles. The Labute approximate surface area is 171 Å². The van der Waals surface area contributed by atoms with Crippen molar-refractivity contribution >= 4 is 0 Å². The van der Waals surface area contributed by atoms with E-state index in [1.165, 1.54) is 30.3 Å². The SMILES string of the molecule is Fc1ccc(OC(F)(F)c2ccc(-c3ccc(-c4ccccc4)cc3F)cc2)cc1. The number of hydrogen-bond acceptors (Lipinski definition) is 1. The fourth-order valence-electron chi connectivity index (χ4n) is 3.11. The Balaban J connectivity index is 1.56. The first kappa shape index (κ1) is 19.7. The van der Waals surface area contributed by atoms with E-state index < -0.39 is 23.3 Å². The molecule has 0 aliphatic heterocycles. The highest BCUT2D eigenvalue weighted by Gasteiger charge is 2.34. The van der Waals surface area contributed by atoms with Gasteiger partial charge in [0.2, 0.25) is 0 Å². The van der Waals surface area contributed by atoms with Gasteiger partial charge in [-0.15, -0.1) is 0 Å². The summed E-state index contributed by atoms with van der Waals surface area (Å²) in [5.74, 6) is -1.15. The summed E-state index contributed by atoms with van der Waals surface area (Å²) in [6.07, 6.45) is -3.62. The number of hydrogen-bond donors (Lipinski definition) is 0. The van der Waals surface area contributed by atoms with Crippen LogP contribution in [0.3, 0.4) is 0 Å². The van der Waals surface area contributed by atoms with Crippen LogP contribution in [0, 0.1) is 11.6 Å². The van der Waals surface area contributed by atoms with E-state index >= 15 is 0 Å². The molecule has 30 heavy (non-hydrogen) atoms. The molecule has 0 aliphatic carbocycles. The van der Waals surface area contributed by atoms with Gasteiger partial charge in [0, 0.05) is 5.56 Å². The first-order valence-corrected chi connectivity index (χ1v) is 9.21. The molecular weight excluding hydrogens is 392 g/mol. The van der Waals surface area contributed by atoms with Crippen molar-refractivity contribution in [2.45, 2.75) is 6.11 Å². The number of rotatable bonds is 5. The summed E-state index contributed by atoms with van der Waals surface area (Å²) < 4.78 is 61.1. The maximum Gasteiger partial charge on any atom is 0.426 e. The maximum absolute atomic E-state index is 14.7. The summed E-state index contributed by atoms with van der Waals surface area (Å²) in [6.45, 7) is 0. The summed E-state index contributed by atoms with van der Waals surface area (Å²) in [5, 5.41) is 0. The predicted octanol–water partition coefficient (Wildman–Crippen LogP) is 7.43. The van der Waals surface area contributed by atoms with Crippen LogP contribution < -0.4 is 4.74 Å². The highest BCUT2D eigenvalue weighted by atomic mass is 19.3. The summed E-state index contributed by atoms with van der Waals surface area (Å²) in [6, 6.07) is 23.7. The molecule has 0 fully saturated rings. The molecule has 0 heterocycles. The normalized spacial score (nSPS) is 11.3. The van der Waals surface area contributed by atoms with Crippen molar-refractivity contribution in [2.24, 2.45) is 0 Å². The van der Waals surface area contributed by atoms with Crippen LogP contribution in [0.25, 0.3) is 22.3 Å². The molecule has 0 saturated heterocycles. The molecule has 0 aliphatic rings. The van der Waals surface area contributed by atoms with Crippen LogP contribution in [-0.2, 0) is 6.11 Å². The van der Waals surface area contributed by atoms with Gasteiger partial charge in [-0.1, -0.05) is 54.6 Å². The average molecular weight is 408 g/mol. The van der Waals surface area contributed by atoms with Gasteiger partial charge in [-0.05, 0) is 59.2 Å². The zero-order chi connectivity index (χ0) is 21.1. The zero-order valence-corrected chi connectivity index (χ0v) is 15.7. The molecule has 0 N–H and O–H groups in total. The lowest BCUT2D eigenvalue weighted by atomic mass is 9.99. The number of halogens is 4. The van der Waals surface area contributed by atoms with Crippen LogP contribution >= 0.6 is 0 Å². The molecule has 0 bridgehead atoms. The third-order valence-electron chi connectivity index (χ3n) is 4.67. The van der Waals surface area contributed by atoms with E-state index in [2.05, 4.69) is 0 Å². The van der Waals surface area contributed by atoms with Crippen molar-refractivity contribution in [2.75, 3.05) is 0 Å². The van der Waals surface area contributed by atoms with Crippen molar-refractivity contribution in [1.82, 2.24) is 0 Å². The minimum absolute atomic E-state index is 0.159. The van der Waals surface area contributed by atoms with E-state index in [4.69, 9.17) is 4.74 Å². The first-order valence-electron chi connectivity index (χ1n) is 9.21. The lowest BCUT2D eigenvalue weighted by Gasteiger charge is -2.18. The van der Waals surface area contributed by atoms with Gasteiger partial charge in [-0.25, -0.2) is 8.78 Å². The van der Waals surface area contributed by atoms with Crippen molar-refractivity contribution in [3.63, 3.8) is 0 Å². The van der Waals surface area contributed by atoms with Crippen LogP contribution in [0.1, 0.15) is 5.56 Å². The highest BCUT2D eigenvalue weighted by Crippen LogP contribution is 2.34. The van der Waals surface area contributed by atoms with Crippen LogP contribution in [-0.4, -0.2) is 0 Å². The second-order valence-corrected chi connectivity index (χ2v) is 6.71. The van der Waals surface area contributed by atoms with Crippen molar-refractivity contribution in [1.29, 1.82) is 0 Å². The van der Waals surface area contributed by atoms with Crippen molar-refractivity contribution in [3.05, 3.63) is 114 Å². The van der Waals surface area contributed by atoms with Gasteiger partial charge in [0.05, 0.1) is 5.56 Å². The second kappa shape index (κ2) is 8.03. The van der Waals surface area contributed by atoms with Crippen LogP contribution in [0.4, 0.5) is 17.6 Å². The molecule has 0 radical (unpaired) electrons. The second-order valence-electron chi connectivity index (χ2n) is 6.71. The van der Waals surface area contributed by atoms with E-state index in [-0.39, 0.29) is 5.75 Å². The molecule has 0 spiro atoms. The highest BCUT2D eigenvalue weighted by molar-refractivity contribution is 5.71.